The Bertz CT molecular complexity index is 1100. The van der Waals surface area contributed by atoms with Gasteiger partial charge >= 0.3 is 5.97 Å². The summed E-state index contributed by atoms with van der Waals surface area (Å²) in [7, 11) is 0. The second-order valence-electron chi connectivity index (χ2n) is 9.84. The van der Waals surface area contributed by atoms with Crippen LogP contribution in [-0.2, 0) is 9.53 Å². The third-order valence-corrected chi connectivity index (χ3v) is 6.28. The minimum Gasteiger partial charge on any atom is -0.492 e. The van der Waals surface area contributed by atoms with Gasteiger partial charge in [-0.15, -0.1) is 0 Å². The van der Waals surface area contributed by atoms with Crippen molar-refractivity contribution in [2.75, 3.05) is 39.5 Å². The fourth-order valence-electron chi connectivity index (χ4n) is 4.23. The highest BCUT2D eigenvalue weighted by Crippen LogP contribution is 2.30. The molecule has 1 fully saturated rings. The number of aryl methyl sites for hydroxylation is 4. The number of carbonyl (C=O) groups excluding carboxylic acids is 1. The van der Waals surface area contributed by atoms with Gasteiger partial charge in [0.15, 0.2) is 11.4 Å². The fraction of sp³-hybridized carbons (Fsp3) is 0.448. The van der Waals surface area contributed by atoms with Crippen LogP contribution in [0.1, 0.15) is 52.0 Å². The van der Waals surface area contributed by atoms with Gasteiger partial charge in [-0.05, 0) is 99.7 Å². The summed E-state index contributed by atoms with van der Waals surface area (Å²) in [5.74, 6) is 0.245. The van der Waals surface area contributed by atoms with E-state index in [9.17, 15) is 14.7 Å². The van der Waals surface area contributed by atoms with E-state index in [-0.39, 0.29) is 5.78 Å². The molecule has 0 aromatic heterocycles. The van der Waals surface area contributed by atoms with Crippen LogP contribution in [0.4, 0.5) is 0 Å². The highest BCUT2D eigenvalue weighted by Gasteiger charge is 2.30. The van der Waals surface area contributed by atoms with Crippen molar-refractivity contribution in [3.8, 4) is 11.5 Å². The van der Waals surface area contributed by atoms with E-state index in [1.54, 1.807) is 12.2 Å². The van der Waals surface area contributed by atoms with Gasteiger partial charge in [-0.3, -0.25) is 9.69 Å². The number of aliphatic carboxylic acids is 1. The Kier molecular flexibility index (Phi) is 8.93. The lowest BCUT2D eigenvalue weighted by atomic mass is 10.0. The van der Waals surface area contributed by atoms with E-state index in [1.807, 2.05) is 52.0 Å². The summed E-state index contributed by atoms with van der Waals surface area (Å²) in [6.07, 6.45) is 3.33. The molecule has 0 radical (unpaired) electrons. The second-order valence-corrected chi connectivity index (χ2v) is 9.84. The normalized spacial score (nSPS) is 14.7. The summed E-state index contributed by atoms with van der Waals surface area (Å²) in [6, 6.07) is 7.49. The number of rotatable bonds is 10. The van der Waals surface area contributed by atoms with Crippen molar-refractivity contribution < 1.29 is 28.9 Å². The van der Waals surface area contributed by atoms with Crippen molar-refractivity contribution in [3.63, 3.8) is 0 Å². The second kappa shape index (κ2) is 11.7. The molecule has 0 spiro atoms. The molecule has 0 bridgehead atoms. The lowest BCUT2D eigenvalue weighted by Gasteiger charge is -2.26. The zero-order valence-corrected chi connectivity index (χ0v) is 22.1. The third-order valence-electron chi connectivity index (χ3n) is 6.28. The maximum Gasteiger partial charge on any atom is 0.347 e. The highest BCUT2D eigenvalue weighted by molar-refractivity contribution is 6.07. The molecule has 0 atom stereocenters. The van der Waals surface area contributed by atoms with Crippen molar-refractivity contribution in [1.29, 1.82) is 0 Å². The van der Waals surface area contributed by atoms with Gasteiger partial charge in [0.2, 0.25) is 0 Å². The number of hydrogen-bond donors (Lipinski definition) is 1. The predicted octanol–water partition coefficient (Wildman–Crippen LogP) is 4.77. The Morgan fingerprint density at radius 3 is 2.08 bits per heavy atom. The third kappa shape index (κ3) is 6.95. The van der Waals surface area contributed by atoms with E-state index >= 15 is 0 Å². The Morgan fingerprint density at radius 2 is 1.53 bits per heavy atom. The first kappa shape index (κ1) is 27.4. The monoisotopic (exact) mass is 495 g/mol. The largest absolute Gasteiger partial charge is 0.492 e. The molecule has 7 heteroatoms. The van der Waals surface area contributed by atoms with Gasteiger partial charge in [-0.2, -0.15) is 0 Å². The van der Waals surface area contributed by atoms with Crippen molar-refractivity contribution in [2.45, 2.75) is 47.1 Å². The van der Waals surface area contributed by atoms with Crippen LogP contribution in [0.2, 0.25) is 0 Å². The molecule has 2 aromatic rings. The SMILES string of the molecule is Cc1cc(C(=O)C=Cc2cc(C)c(OC(C)(C)C(=O)O)c(C)c2)cc(C)c1OCCN1CCOCC1. The number of morpholine rings is 1. The van der Waals surface area contributed by atoms with Crippen LogP contribution < -0.4 is 9.47 Å². The number of ketones is 1. The zero-order valence-electron chi connectivity index (χ0n) is 22.1. The first-order valence-electron chi connectivity index (χ1n) is 12.3. The number of carbonyl (C=O) groups is 2. The summed E-state index contributed by atoms with van der Waals surface area (Å²) in [4.78, 5) is 26.7. The summed E-state index contributed by atoms with van der Waals surface area (Å²) in [5.41, 5.74) is 3.60. The number of hydrogen-bond acceptors (Lipinski definition) is 6. The predicted molar refractivity (Wildman–Crippen MR) is 140 cm³/mol. The number of benzene rings is 2. The number of carboxylic acid groups (broad SMARTS) is 1. The van der Waals surface area contributed by atoms with Gasteiger partial charge in [-0.25, -0.2) is 4.79 Å². The molecular weight excluding hydrogens is 458 g/mol. The van der Waals surface area contributed by atoms with E-state index in [1.165, 1.54) is 13.8 Å². The van der Waals surface area contributed by atoms with E-state index in [2.05, 4.69) is 4.90 Å². The van der Waals surface area contributed by atoms with E-state index < -0.39 is 11.6 Å². The van der Waals surface area contributed by atoms with Gasteiger partial charge in [0.1, 0.15) is 18.1 Å². The molecule has 1 heterocycles. The summed E-state index contributed by atoms with van der Waals surface area (Å²) in [6.45, 7) is 15.5. The Labute approximate surface area is 213 Å². The molecule has 0 saturated carbocycles. The molecule has 1 aliphatic heterocycles. The molecule has 1 aliphatic rings. The summed E-state index contributed by atoms with van der Waals surface area (Å²) in [5, 5.41) is 9.36. The first-order chi connectivity index (χ1) is 17.0. The standard InChI is InChI=1S/C29H37NO6/c1-19-15-23(16-20(2)27(19)36-29(5,6)28(32)33)7-8-25(31)24-17-21(3)26(22(4)18-24)35-14-11-30-9-12-34-13-10-30/h7-8,15-18H,9-14H2,1-6H3,(H,32,33). The average molecular weight is 496 g/mol. The smallest absolute Gasteiger partial charge is 0.347 e. The number of ether oxygens (including phenoxy) is 3. The molecule has 0 unspecified atom stereocenters. The average Bonchev–Trinajstić information content (AvgIpc) is 2.82. The van der Waals surface area contributed by atoms with Crippen LogP contribution >= 0.6 is 0 Å². The maximum atomic E-state index is 12.9. The van der Waals surface area contributed by atoms with Crippen molar-refractivity contribution >= 4 is 17.8 Å². The quantitative estimate of drug-likeness (QED) is 0.375. The molecule has 1 saturated heterocycles. The van der Waals surface area contributed by atoms with Crippen LogP contribution in [0, 0.1) is 27.7 Å². The highest BCUT2D eigenvalue weighted by atomic mass is 16.5. The van der Waals surface area contributed by atoms with Crippen molar-refractivity contribution in [1.82, 2.24) is 4.90 Å². The van der Waals surface area contributed by atoms with Gasteiger partial charge in [0.25, 0.3) is 0 Å². The molecule has 0 aliphatic carbocycles. The van der Waals surface area contributed by atoms with E-state index in [4.69, 9.17) is 14.2 Å². The number of carboxylic acids is 1. The van der Waals surface area contributed by atoms with Crippen LogP contribution in [0.15, 0.2) is 30.3 Å². The Balaban J connectivity index is 1.67. The molecule has 3 rings (SSSR count). The van der Waals surface area contributed by atoms with Crippen LogP contribution in [0.25, 0.3) is 6.08 Å². The molecule has 194 valence electrons. The number of nitrogens with zero attached hydrogens (tertiary/aromatic N) is 1. The van der Waals surface area contributed by atoms with Gasteiger partial charge in [0.05, 0.1) is 13.2 Å². The number of allylic oxidation sites excluding steroid dienone is 1. The fourth-order valence-corrected chi connectivity index (χ4v) is 4.23. The van der Waals surface area contributed by atoms with Crippen molar-refractivity contribution in [3.05, 3.63) is 63.7 Å². The molecular formula is C29H37NO6. The molecule has 36 heavy (non-hydrogen) atoms. The first-order valence-corrected chi connectivity index (χ1v) is 12.3. The minimum atomic E-state index is -1.34. The molecule has 1 N–H and O–H groups in total. The minimum absolute atomic E-state index is 0.0938. The van der Waals surface area contributed by atoms with Crippen LogP contribution in [0.3, 0.4) is 0 Å². The zero-order chi connectivity index (χ0) is 26.5. The topological polar surface area (TPSA) is 85.3 Å². The Morgan fingerprint density at radius 1 is 0.972 bits per heavy atom. The molecule has 2 aromatic carbocycles. The molecule has 0 amide bonds. The van der Waals surface area contributed by atoms with Crippen molar-refractivity contribution in [2.24, 2.45) is 0 Å². The van der Waals surface area contributed by atoms with Crippen LogP contribution in [-0.4, -0.2) is 66.8 Å². The summed E-state index contributed by atoms with van der Waals surface area (Å²) < 4.78 is 17.2. The van der Waals surface area contributed by atoms with E-state index in [0.29, 0.717) is 17.9 Å². The van der Waals surface area contributed by atoms with Gasteiger partial charge < -0.3 is 19.3 Å². The van der Waals surface area contributed by atoms with Crippen LogP contribution in [0.5, 0.6) is 11.5 Å². The lowest BCUT2D eigenvalue weighted by Crippen LogP contribution is -2.38. The van der Waals surface area contributed by atoms with Gasteiger partial charge in [0, 0.05) is 25.2 Å². The maximum absolute atomic E-state index is 12.9. The van der Waals surface area contributed by atoms with Gasteiger partial charge in [-0.1, -0.05) is 6.08 Å². The lowest BCUT2D eigenvalue weighted by molar-refractivity contribution is -0.152. The molecule has 7 nitrogen and oxygen atoms in total. The summed E-state index contributed by atoms with van der Waals surface area (Å²) >= 11 is 0. The van der Waals surface area contributed by atoms with E-state index in [0.717, 1.165) is 66.4 Å². The Hall–Kier alpha value is -3.16.